The number of hydrogen-bond acceptors (Lipinski definition) is 3. The van der Waals surface area contributed by atoms with Crippen LogP contribution in [0.2, 0.25) is 0 Å². The minimum absolute atomic E-state index is 0. The molecule has 0 radical (unpaired) electrons. The largest absolute Gasteiger partial charge is 0.383 e. The molecule has 0 unspecified atom stereocenters. The van der Waals surface area contributed by atoms with E-state index < -0.39 is 0 Å². The Morgan fingerprint density at radius 1 is 1.26 bits per heavy atom. The van der Waals surface area contributed by atoms with Gasteiger partial charge in [0.1, 0.15) is 0 Å². The van der Waals surface area contributed by atoms with E-state index in [0.717, 1.165) is 25.3 Å². The number of hydrogen-bond donors (Lipinski definition) is 3. The Bertz CT molecular complexity index is 283. The highest BCUT2D eigenvalue weighted by molar-refractivity contribution is 14.0. The van der Waals surface area contributed by atoms with E-state index in [1.165, 1.54) is 0 Å². The molecule has 1 aliphatic rings. The van der Waals surface area contributed by atoms with Crippen molar-refractivity contribution in [1.82, 2.24) is 16.0 Å². The summed E-state index contributed by atoms with van der Waals surface area (Å²) in [4.78, 5) is 15.7. The fourth-order valence-corrected chi connectivity index (χ4v) is 1.45. The first-order chi connectivity index (χ1) is 8.77. The van der Waals surface area contributed by atoms with Gasteiger partial charge in [0.15, 0.2) is 5.96 Å². The summed E-state index contributed by atoms with van der Waals surface area (Å²) in [6, 6.07) is 0. The summed E-state index contributed by atoms with van der Waals surface area (Å²) in [7, 11) is 1.66. The molecule has 1 amide bonds. The number of aliphatic imine (C=N–C) groups is 1. The highest BCUT2D eigenvalue weighted by Crippen LogP contribution is 2.28. The molecule has 3 N–H and O–H groups in total. The summed E-state index contributed by atoms with van der Waals surface area (Å²) in [6.45, 7) is 5.37. The predicted molar refractivity (Wildman–Crippen MR) is 87.0 cm³/mol. The van der Waals surface area contributed by atoms with Gasteiger partial charge in [0, 0.05) is 32.7 Å². The van der Waals surface area contributed by atoms with Crippen LogP contribution in [0.5, 0.6) is 0 Å². The van der Waals surface area contributed by atoms with Crippen molar-refractivity contribution in [3.05, 3.63) is 0 Å². The Labute approximate surface area is 132 Å². The van der Waals surface area contributed by atoms with Gasteiger partial charge in [-0.25, -0.2) is 0 Å². The Morgan fingerprint density at radius 3 is 2.53 bits per heavy atom. The van der Waals surface area contributed by atoms with Crippen molar-refractivity contribution in [2.75, 3.05) is 39.9 Å². The molecule has 19 heavy (non-hydrogen) atoms. The van der Waals surface area contributed by atoms with Crippen LogP contribution in [0.15, 0.2) is 4.99 Å². The molecule has 0 spiro atoms. The zero-order chi connectivity index (χ0) is 13.2. The first-order valence-corrected chi connectivity index (χ1v) is 6.56. The van der Waals surface area contributed by atoms with E-state index >= 15 is 0 Å². The number of rotatable bonds is 8. The van der Waals surface area contributed by atoms with Crippen molar-refractivity contribution in [3.8, 4) is 0 Å². The van der Waals surface area contributed by atoms with Crippen molar-refractivity contribution in [1.29, 1.82) is 0 Å². The Balaban J connectivity index is 0.00000324. The Hall–Kier alpha value is -0.570. The molecule has 0 aromatic heterocycles. The van der Waals surface area contributed by atoms with Crippen LogP contribution in [-0.2, 0) is 9.53 Å². The molecule has 0 aliphatic heterocycles. The molecule has 0 heterocycles. The normalized spacial score (nSPS) is 14.5. The summed E-state index contributed by atoms with van der Waals surface area (Å²) >= 11 is 0. The third kappa shape index (κ3) is 9.04. The first-order valence-electron chi connectivity index (χ1n) is 6.56. The van der Waals surface area contributed by atoms with Crippen LogP contribution in [0.25, 0.3) is 0 Å². The zero-order valence-corrected chi connectivity index (χ0v) is 14.0. The molecular formula is C12H25IN4O2. The number of ether oxygens (including phenoxy) is 1. The van der Waals surface area contributed by atoms with E-state index in [0.29, 0.717) is 26.2 Å². The van der Waals surface area contributed by atoms with Gasteiger partial charge in [-0.05, 0) is 19.8 Å². The molecule has 112 valence electrons. The van der Waals surface area contributed by atoms with Crippen LogP contribution < -0.4 is 16.0 Å². The van der Waals surface area contributed by atoms with E-state index in [2.05, 4.69) is 20.9 Å². The molecule has 0 atom stereocenters. The lowest BCUT2D eigenvalue weighted by molar-refractivity contribution is -0.122. The van der Waals surface area contributed by atoms with Gasteiger partial charge in [0.25, 0.3) is 0 Å². The van der Waals surface area contributed by atoms with Gasteiger partial charge >= 0.3 is 0 Å². The fraction of sp³-hybridized carbons (Fsp3) is 0.833. The highest BCUT2D eigenvalue weighted by atomic mass is 127. The van der Waals surface area contributed by atoms with Crippen molar-refractivity contribution < 1.29 is 9.53 Å². The topological polar surface area (TPSA) is 74.8 Å². The second-order valence-corrected chi connectivity index (χ2v) is 4.25. The minimum Gasteiger partial charge on any atom is -0.383 e. The summed E-state index contributed by atoms with van der Waals surface area (Å²) < 4.78 is 4.94. The quantitative estimate of drug-likeness (QED) is 0.244. The van der Waals surface area contributed by atoms with Crippen LogP contribution in [0, 0.1) is 5.92 Å². The number of nitrogens with zero attached hydrogens (tertiary/aromatic N) is 1. The van der Waals surface area contributed by atoms with Crippen molar-refractivity contribution in [2.24, 2.45) is 10.9 Å². The van der Waals surface area contributed by atoms with Gasteiger partial charge in [-0.15, -0.1) is 24.0 Å². The molecule has 7 heteroatoms. The van der Waals surface area contributed by atoms with Crippen LogP contribution in [0.3, 0.4) is 0 Å². The maximum absolute atomic E-state index is 11.4. The van der Waals surface area contributed by atoms with Crippen LogP contribution >= 0.6 is 24.0 Å². The van der Waals surface area contributed by atoms with E-state index in [1.54, 1.807) is 7.11 Å². The van der Waals surface area contributed by atoms with E-state index in [-0.39, 0.29) is 35.8 Å². The molecule has 1 rings (SSSR count). The lowest BCUT2D eigenvalue weighted by Crippen LogP contribution is -2.42. The Kier molecular flexibility index (Phi) is 10.9. The molecule has 1 fully saturated rings. The average Bonchev–Trinajstić information content (AvgIpc) is 3.18. The van der Waals surface area contributed by atoms with Gasteiger partial charge < -0.3 is 20.7 Å². The summed E-state index contributed by atoms with van der Waals surface area (Å²) in [5.74, 6) is 1.21. The second-order valence-electron chi connectivity index (χ2n) is 4.25. The Morgan fingerprint density at radius 2 is 1.95 bits per heavy atom. The van der Waals surface area contributed by atoms with Gasteiger partial charge in [-0.3, -0.25) is 9.79 Å². The molecular weight excluding hydrogens is 359 g/mol. The molecule has 0 saturated heterocycles. The molecule has 6 nitrogen and oxygen atoms in total. The first kappa shape index (κ1) is 18.4. The average molecular weight is 384 g/mol. The molecule has 1 saturated carbocycles. The summed E-state index contributed by atoms with van der Waals surface area (Å²) in [5.41, 5.74) is 0. The number of halogens is 1. The number of amides is 1. The molecule has 0 aromatic carbocycles. The number of nitrogens with one attached hydrogen (secondary N) is 3. The van der Waals surface area contributed by atoms with E-state index in [4.69, 9.17) is 4.74 Å². The summed E-state index contributed by atoms with van der Waals surface area (Å²) in [6.07, 6.45) is 2.08. The van der Waals surface area contributed by atoms with Crippen LogP contribution in [0.1, 0.15) is 19.8 Å². The number of methoxy groups -OCH3 is 1. The van der Waals surface area contributed by atoms with Crippen LogP contribution in [-0.4, -0.2) is 51.8 Å². The molecule has 1 aliphatic carbocycles. The third-order valence-corrected chi connectivity index (χ3v) is 2.57. The van der Waals surface area contributed by atoms with Gasteiger partial charge in [-0.2, -0.15) is 0 Å². The monoisotopic (exact) mass is 384 g/mol. The lowest BCUT2D eigenvalue weighted by Gasteiger charge is -2.11. The van der Waals surface area contributed by atoms with Crippen LogP contribution in [0.4, 0.5) is 0 Å². The fourth-order valence-electron chi connectivity index (χ4n) is 1.45. The number of guanidine groups is 1. The number of carbonyl (C=O) groups is 1. The smallest absolute Gasteiger partial charge is 0.223 e. The van der Waals surface area contributed by atoms with E-state index in [1.807, 2.05) is 6.92 Å². The lowest BCUT2D eigenvalue weighted by atomic mass is 10.4. The minimum atomic E-state index is 0. The van der Waals surface area contributed by atoms with Gasteiger partial charge in [0.2, 0.25) is 5.91 Å². The van der Waals surface area contributed by atoms with Gasteiger partial charge in [-0.1, -0.05) is 0 Å². The highest BCUT2D eigenvalue weighted by Gasteiger charge is 2.28. The standard InChI is InChI=1S/C12H24N4O2.HI/c1-3-13-12(16-8-9-18-2)15-7-6-14-11(17)10-4-5-10;/h10H,3-9H2,1-2H3,(H,14,17)(H2,13,15,16);1H. The third-order valence-electron chi connectivity index (χ3n) is 2.57. The maximum Gasteiger partial charge on any atom is 0.223 e. The van der Waals surface area contributed by atoms with Crippen molar-refractivity contribution in [2.45, 2.75) is 19.8 Å². The molecule has 0 aromatic rings. The van der Waals surface area contributed by atoms with Gasteiger partial charge in [0.05, 0.1) is 13.2 Å². The SMILES string of the molecule is CCNC(=NCCOC)NCCNC(=O)C1CC1.I. The predicted octanol–water partition coefficient (Wildman–Crippen LogP) is 0.332. The van der Waals surface area contributed by atoms with E-state index in [9.17, 15) is 4.79 Å². The van der Waals surface area contributed by atoms with Crippen molar-refractivity contribution >= 4 is 35.8 Å². The summed E-state index contributed by atoms with van der Waals surface area (Å²) in [5, 5.41) is 9.20. The zero-order valence-electron chi connectivity index (χ0n) is 11.7. The van der Waals surface area contributed by atoms with Crippen molar-refractivity contribution in [3.63, 3.8) is 0 Å². The number of carbonyl (C=O) groups excluding carboxylic acids is 1. The maximum atomic E-state index is 11.4. The second kappa shape index (κ2) is 11.3. The molecule has 0 bridgehead atoms.